The van der Waals surface area contributed by atoms with Gasteiger partial charge in [0.1, 0.15) is 0 Å². The van der Waals surface area contributed by atoms with E-state index in [9.17, 15) is 0 Å². The summed E-state index contributed by atoms with van der Waals surface area (Å²) < 4.78 is 5.31. The van der Waals surface area contributed by atoms with Crippen LogP contribution in [0.2, 0.25) is 0 Å². The van der Waals surface area contributed by atoms with Crippen LogP contribution in [0, 0.1) is 6.07 Å². The molecule has 0 atom stereocenters. The SMILES string of the molecule is CCCCOCCCC.[Li+].[c-]1ccccc1. The minimum Gasteiger partial charge on any atom is -0.381 e. The van der Waals surface area contributed by atoms with Gasteiger partial charge in [-0.05, 0) is 12.8 Å². The number of hydrogen-bond acceptors (Lipinski definition) is 1. The number of ether oxygens (including phenoxy) is 1. The van der Waals surface area contributed by atoms with Crippen LogP contribution in [-0.4, -0.2) is 13.2 Å². The van der Waals surface area contributed by atoms with Crippen LogP contribution in [0.1, 0.15) is 39.5 Å². The third kappa shape index (κ3) is 16.2. The van der Waals surface area contributed by atoms with E-state index < -0.39 is 0 Å². The molecule has 0 N–H and O–H groups in total. The van der Waals surface area contributed by atoms with E-state index in [0.29, 0.717) is 0 Å². The Labute approximate surface area is 113 Å². The van der Waals surface area contributed by atoms with Gasteiger partial charge >= 0.3 is 18.9 Å². The van der Waals surface area contributed by atoms with E-state index in [0.717, 1.165) is 13.2 Å². The van der Waals surface area contributed by atoms with Gasteiger partial charge in [0.05, 0.1) is 0 Å². The minimum atomic E-state index is 0. The molecule has 1 aromatic rings. The Bertz CT molecular complexity index is 156. The van der Waals surface area contributed by atoms with Crippen LogP contribution < -0.4 is 18.9 Å². The first-order valence-electron chi connectivity index (χ1n) is 5.90. The van der Waals surface area contributed by atoms with Crippen LogP contribution >= 0.6 is 0 Å². The standard InChI is InChI=1S/C8H18O.C6H5.Li/c1-3-5-7-9-8-6-4-2;1-2-4-6-5-3-1;/h3-8H2,1-2H3;1-5H;/q;-1;+1. The first-order valence-corrected chi connectivity index (χ1v) is 5.90. The Morgan fingerprint density at radius 2 is 1.38 bits per heavy atom. The summed E-state index contributed by atoms with van der Waals surface area (Å²) >= 11 is 0. The molecule has 0 saturated carbocycles. The minimum absolute atomic E-state index is 0. The van der Waals surface area contributed by atoms with Gasteiger partial charge < -0.3 is 4.74 Å². The summed E-state index contributed by atoms with van der Waals surface area (Å²) in [5.41, 5.74) is 0. The Balaban J connectivity index is 0. The number of benzene rings is 1. The van der Waals surface area contributed by atoms with Crippen molar-refractivity contribution in [3.05, 3.63) is 36.4 Å². The molecule has 16 heavy (non-hydrogen) atoms. The van der Waals surface area contributed by atoms with E-state index in [1.54, 1.807) is 0 Å². The van der Waals surface area contributed by atoms with Gasteiger partial charge in [-0.15, -0.1) is 0 Å². The van der Waals surface area contributed by atoms with Crippen LogP contribution in [0.3, 0.4) is 0 Å². The molecule has 0 spiro atoms. The van der Waals surface area contributed by atoms with Crippen molar-refractivity contribution in [2.75, 3.05) is 13.2 Å². The molecule has 0 aliphatic carbocycles. The van der Waals surface area contributed by atoms with E-state index in [-0.39, 0.29) is 18.9 Å². The van der Waals surface area contributed by atoms with Gasteiger partial charge in [-0.2, -0.15) is 36.4 Å². The van der Waals surface area contributed by atoms with E-state index in [1.165, 1.54) is 25.7 Å². The topological polar surface area (TPSA) is 9.23 Å². The Hall–Kier alpha value is -0.223. The van der Waals surface area contributed by atoms with Crippen LogP contribution in [0.5, 0.6) is 0 Å². The third-order valence-electron chi connectivity index (χ3n) is 1.89. The fraction of sp³-hybridized carbons (Fsp3) is 0.571. The van der Waals surface area contributed by atoms with Gasteiger partial charge in [0, 0.05) is 13.2 Å². The van der Waals surface area contributed by atoms with Crippen molar-refractivity contribution in [1.29, 1.82) is 0 Å². The van der Waals surface area contributed by atoms with Gasteiger partial charge in [0.2, 0.25) is 0 Å². The zero-order valence-electron chi connectivity index (χ0n) is 11.0. The molecule has 0 aliphatic heterocycles. The van der Waals surface area contributed by atoms with E-state index >= 15 is 0 Å². The number of unbranched alkanes of at least 4 members (excludes halogenated alkanes) is 2. The van der Waals surface area contributed by atoms with Crippen molar-refractivity contribution in [2.45, 2.75) is 39.5 Å². The van der Waals surface area contributed by atoms with Gasteiger partial charge in [-0.25, -0.2) is 0 Å². The fourth-order valence-electron chi connectivity index (χ4n) is 0.937. The second kappa shape index (κ2) is 17.2. The van der Waals surface area contributed by atoms with Crippen molar-refractivity contribution >= 4 is 0 Å². The predicted octanol–water partition coefficient (Wildman–Crippen LogP) is 1.09. The zero-order valence-corrected chi connectivity index (χ0v) is 11.0. The van der Waals surface area contributed by atoms with Crippen LogP contribution in [-0.2, 0) is 4.74 Å². The maximum atomic E-state index is 5.31. The van der Waals surface area contributed by atoms with E-state index in [1.807, 2.05) is 30.3 Å². The maximum absolute atomic E-state index is 5.31. The maximum Gasteiger partial charge on any atom is 1.00 e. The van der Waals surface area contributed by atoms with Crippen molar-refractivity contribution in [3.63, 3.8) is 0 Å². The monoisotopic (exact) mass is 214 g/mol. The summed E-state index contributed by atoms with van der Waals surface area (Å²) in [6, 6.07) is 12.5. The summed E-state index contributed by atoms with van der Waals surface area (Å²) in [5, 5.41) is 0. The van der Waals surface area contributed by atoms with Crippen molar-refractivity contribution in [1.82, 2.24) is 0 Å². The Morgan fingerprint density at radius 3 is 1.62 bits per heavy atom. The Morgan fingerprint density at radius 1 is 0.875 bits per heavy atom. The molecule has 0 radical (unpaired) electrons. The van der Waals surface area contributed by atoms with Crippen molar-refractivity contribution in [3.8, 4) is 0 Å². The zero-order chi connectivity index (χ0) is 11.2. The second-order valence-corrected chi connectivity index (χ2v) is 3.40. The molecule has 0 aromatic heterocycles. The normalized spacial score (nSPS) is 8.62. The predicted molar refractivity (Wildman–Crippen MR) is 65.9 cm³/mol. The van der Waals surface area contributed by atoms with Crippen LogP contribution in [0.15, 0.2) is 30.3 Å². The molecule has 0 aliphatic rings. The number of rotatable bonds is 6. The molecule has 0 bridgehead atoms. The average molecular weight is 214 g/mol. The second-order valence-electron chi connectivity index (χ2n) is 3.40. The molecule has 0 fully saturated rings. The van der Waals surface area contributed by atoms with Crippen molar-refractivity contribution < 1.29 is 23.6 Å². The van der Waals surface area contributed by atoms with Crippen LogP contribution in [0.25, 0.3) is 0 Å². The molecular formula is C14H23LiO. The Kier molecular flexibility index (Phi) is 19.5. The number of hydrogen-bond donors (Lipinski definition) is 0. The summed E-state index contributed by atoms with van der Waals surface area (Å²) in [6.07, 6.45) is 4.91. The molecule has 0 unspecified atom stereocenters. The molecule has 1 aromatic carbocycles. The summed E-state index contributed by atoms with van der Waals surface area (Å²) in [6.45, 7) is 6.28. The average Bonchev–Trinajstić information content (AvgIpc) is 2.32. The largest absolute Gasteiger partial charge is 1.00 e. The van der Waals surface area contributed by atoms with Crippen molar-refractivity contribution in [2.24, 2.45) is 0 Å². The molecule has 2 heteroatoms. The molecule has 86 valence electrons. The molecule has 0 amide bonds. The van der Waals surface area contributed by atoms with Gasteiger partial charge in [-0.3, -0.25) is 0 Å². The first kappa shape index (κ1) is 18.2. The molecule has 0 heterocycles. The molecule has 1 rings (SSSR count). The summed E-state index contributed by atoms with van der Waals surface area (Å²) in [5.74, 6) is 0. The summed E-state index contributed by atoms with van der Waals surface area (Å²) in [7, 11) is 0. The van der Waals surface area contributed by atoms with E-state index in [2.05, 4.69) is 19.9 Å². The molecular weight excluding hydrogens is 191 g/mol. The third-order valence-corrected chi connectivity index (χ3v) is 1.89. The molecule has 0 saturated heterocycles. The molecule has 1 nitrogen and oxygen atoms in total. The first-order chi connectivity index (χ1) is 7.41. The van der Waals surface area contributed by atoms with Gasteiger partial charge in [0.25, 0.3) is 0 Å². The van der Waals surface area contributed by atoms with Gasteiger partial charge in [0.15, 0.2) is 0 Å². The van der Waals surface area contributed by atoms with Crippen LogP contribution in [0.4, 0.5) is 0 Å². The quantitative estimate of drug-likeness (QED) is 0.391. The van der Waals surface area contributed by atoms with E-state index in [4.69, 9.17) is 4.74 Å². The summed E-state index contributed by atoms with van der Waals surface area (Å²) in [4.78, 5) is 0. The van der Waals surface area contributed by atoms with Gasteiger partial charge in [-0.1, -0.05) is 26.7 Å². The fourth-order valence-corrected chi connectivity index (χ4v) is 0.937. The smallest absolute Gasteiger partial charge is 0.381 e.